The number of piperidine rings is 1. The molecule has 3 rings (SSSR count). The predicted molar refractivity (Wildman–Crippen MR) is 80.4 cm³/mol. The highest BCUT2D eigenvalue weighted by Gasteiger charge is 2.13. The number of fused-ring (bicyclic) bond motifs is 1. The Morgan fingerprint density at radius 3 is 3.05 bits per heavy atom. The van der Waals surface area contributed by atoms with Crippen molar-refractivity contribution in [1.29, 1.82) is 0 Å². The summed E-state index contributed by atoms with van der Waals surface area (Å²) in [5.41, 5.74) is 2.81. The molecule has 0 aliphatic carbocycles. The van der Waals surface area contributed by atoms with Crippen LogP contribution in [0.4, 0.5) is 0 Å². The Labute approximate surface area is 115 Å². The lowest BCUT2D eigenvalue weighted by atomic mass is 9.91. The lowest BCUT2D eigenvalue weighted by molar-refractivity contribution is 0.376. The van der Waals surface area contributed by atoms with Gasteiger partial charge in [-0.05, 0) is 67.3 Å². The molecule has 1 aliphatic heterocycles. The van der Waals surface area contributed by atoms with E-state index in [4.69, 9.17) is 0 Å². The normalized spacial score (nSPS) is 19.7. The van der Waals surface area contributed by atoms with Gasteiger partial charge in [-0.2, -0.15) is 0 Å². The van der Waals surface area contributed by atoms with Gasteiger partial charge < -0.3 is 5.32 Å². The highest BCUT2D eigenvalue weighted by molar-refractivity contribution is 5.85. The molecule has 2 aromatic rings. The zero-order valence-electron chi connectivity index (χ0n) is 11.7. The number of hydrogen-bond acceptors (Lipinski definition) is 2. The third-order valence-electron chi connectivity index (χ3n) is 4.21. The topological polar surface area (TPSA) is 24.9 Å². The van der Waals surface area contributed by atoms with Crippen molar-refractivity contribution in [3.63, 3.8) is 0 Å². The van der Waals surface area contributed by atoms with Crippen molar-refractivity contribution >= 4 is 10.8 Å². The molecule has 0 spiro atoms. The van der Waals surface area contributed by atoms with E-state index in [1.54, 1.807) is 0 Å². The van der Waals surface area contributed by atoms with Crippen LogP contribution in [-0.4, -0.2) is 18.1 Å². The molecule has 0 amide bonds. The van der Waals surface area contributed by atoms with Gasteiger partial charge in [0.05, 0.1) is 0 Å². The smallest absolute Gasteiger partial charge is 0.0346 e. The number of benzene rings is 1. The molecule has 19 heavy (non-hydrogen) atoms. The van der Waals surface area contributed by atoms with Gasteiger partial charge in [0.25, 0.3) is 0 Å². The minimum atomic E-state index is 0.800. The number of nitrogens with zero attached hydrogens (tertiary/aromatic N) is 1. The predicted octanol–water partition coefficient (Wildman–Crippen LogP) is 3.34. The van der Waals surface area contributed by atoms with Crippen LogP contribution in [-0.2, 0) is 12.8 Å². The molecule has 0 radical (unpaired) electrons. The minimum Gasteiger partial charge on any atom is -0.316 e. The Hall–Kier alpha value is -1.41. The Bertz CT molecular complexity index is 556. The van der Waals surface area contributed by atoms with Crippen molar-refractivity contribution in [1.82, 2.24) is 10.3 Å². The van der Waals surface area contributed by atoms with Crippen LogP contribution < -0.4 is 5.32 Å². The summed E-state index contributed by atoms with van der Waals surface area (Å²) in [5, 5.41) is 6.15. The fourth-order valence-electron chi connectivity index (χ4n) is 3.13. The van der Waals surface area contributed by atoms with Gasteiger partial charge in [0.1, 0.15) is 0 Å². The Balaban J connectivity index is 1.85. The van der Waals surface area contributed by atoms with E-state index in [2.05, 4.69) is 35.4 Å². The quantitative estimate of drug-likeness (QED) is 0.908. The zero-order valence-corrected chi connectivity index (χ0v) is 11.7. The molecule has 2 heterocycles. The first-order chi connectivity index (χ1) is 9.36. The molecule has 1 atom stereocenters. The highest BCUT2D eigenvalue weighted by Crippen LogP contribution is 2.22. The van der Waals surface area contributed by atoms with Crippen molar-refractivity contribution in [3.05, 3.63) is 41.7 Å². The van der Waals surface area contributed by atoms with Crippen LogP contribution in [0.15, 0.2) is 30.6 Å². The summed E-state index contributed by atoms with van der Waals surface area (Å²) >= 11 is 0. The fourth-order valence-corrected chi connectivity index (χ4v) is 3.13. The molecule has 1 aliphatic rings. The zero-order chi connectivity index (χ0) is 13.1. The Morgan fingerprint density at radius 2 is 2.26 bits per heavy atom. The molecule has 1 N–H and O–H groups in total. The maximum Gasteiger partial charge on any atom is 0.0346 e. The van der Waals surface area contributed by atoms with E-state index in [1.807, 2.05) is 12.4 Å². The van der Waals surface area contributed by atoms with Gasteiger partial charge in [0.2, 0.25) is 0 Å². The van der Waals surface area contributed by atoms with E-state index >= 15 is 0 Å². The number of pyridine rings is 1. The van der Waals surface area contributed by atoms with Crippen molar-refractivity contribution in [2.45, 2.75) is 32.6 Å². The molecule has 100 valence electrons. The number of hydrogen-bond donors (Lipinski definition) is 1. The molecule has 1 fully saturated rings. The lowest BCUT2D eigenvalue weighted by Crippen LogP contribution is -2.30. The molecule has 1 aromatic heterocycles. The molecule has 2 nitrogen and oxygen atoms in total. The second kappa shape index (κ2) is 5.70. The first-order valence-electron chi connectivity index (χ1n) is 7.43. The third-order valence-corrected chi connectivity index (χ3v) is 4.21. The van der Waals surface area contributed by atoms with Crippen molar-refractivity contribution in [2.24, 2.45) is 5.92 Å². The fraction of sp³-hybridized carbons (Fsp3) is 0.471. The first kappa shape index (κ1) is 12.6. The molecule has 2 heteroatoms. The third kappa shape index (κ3) is 2.79. The maximum absolute atomic E-state index is 4.36. The van der Waals surface area contributed by atoms with Crippen molar-refractivity contribution < 1.29 is 0 Å². The summed E-state index contributed by atoms with van der Waals surface area (Å²) in [5.74, 6) is 0.800. The van der Waals surface area contributed by atoms with Crippen LogP contribution >= 0.6 is 0 Å². The second-order valence-electron chi connectivity index (χ2n) is 5.62. The average molecular weight is 254 g/mol. The van der Waals surface area contributed by atoms with Gasteiger partial charge in [-0.15, -0.1) is 0 Å². The summed E-state index contributed by atoms with van der Waals surface area (Å²) < 4.78 is 0. The highest BCUT2D eigenvalue weighted by atomic mass is 14.9. The van der Waals surface area contributed by atoms with E-state index in [1.165, 1.54) is 54.3 Å². The number of rotatable bonds is 3. The number of aromatic nitrogens is 1. The Kier molecular flexibility index (Phi) is 3.79. The van der Waals surface area contributed by atoms with E-state index < -0.39 is 0 Å². The van der Waals surface area contributed by atoms with Crippen molar-refractivity contribution in [2.75, 3.05) is 13.1 Å². The minimum absolute atomic E-state index is 0.800. The standard InChI is InChI=1S/C17H22N2/c1-2-15-11-19-12-16-9-13(5-6-17(15)16)8-14-4-3-7-18-10-14/h5-6,9,11-12,14,18H,2-4,7-8,10H2,1H3. The second-order valence-corrected chi connectivity index (χ2v) is 5.62. The summed E-state index contributed by atoms with van der Waals surface area (Å²) in [6.07, 6.45) is 8.91. The number of aryl methyl sites for hydroxylation is 1. The molecular weight excluding hydrogens is 232 g/mol. The summed E-state index contributed by atoms with van der Waals surface area (Å²) in [6, 6.07) is 6.91. The monoisotopic (exact) mass is 254 g/mol. The summed E-state index contributed by atoms with van der Waals surface area (Å²) in [6.45, 7) is 4.56. The molecule has 1 unspecified atom stereocenters. The van der Waals surface area contributed by atoms with Gasteiger partial charge in [-0.3, -0.25) is 4.98 Å². The average Bonchev–Trinajstić information content (AvgIpc) is 2.47. The van der Waals surface area contributed by atoms with Crippen molar-refractivity contribution in [3.8, 4) is 0 Å². The van der Waals surface area contributed by atoms with Crippen LogP contribution in [0.2, 0.25) is 0 Å². The van der Waals surface area contributed by atoms with Crippen LogP contribution in [0, 0.1) is 5.92 Å². The summed E-state index contributed by atoms with van der Waals surface area (Å²) in [7, 11) is 0. The maximum atomic E-state index is 4.36. The molecule has 1 aromatic carbocycles. The molecule has 0 saturated carbocycles. The van der Waals surface area contributed by atoms with Gasteiger partial charge >= 0.3 is 0 Å². The summed E-state index contributed by atoms with van der Waals surface area (Å²) in [4.78, 5) is 4.36. The van der Waals surface area contributed by atoms with E-state index in [-0.39, 0.29) is 0 Å². The van der Waals surface area contributed by atoms with Crippen LogP contribution in [0.3, 0.4) is 0 Å². The molecule has 1 saturated heterocycles. The first-order valence-corrected chi connectivity index (χ1v) is 7.43. The van der Waals surface area contributed by atoms with Crippen LogP contribution in [0.25, 0.3) is 10.8 Å². The van der Waals surface area contributed by atoms with Gasteiger partial charge in [0, 0.05) is 17.8 Å². The van der Waals surface area contributed by atoms with E-state index in [0.717, 1.165) is 12.3 Å². The van der Waals surface area contributed by atoms with Crippen LogP contribution in [0.1, 0.15) is 30.9 Å². The van der Waals surface area contributed by atoms with Crippen LogP contribution in [0.5, 0.6) is 0 Å². The molecule has 0 bridgehead atoms. The Morgan fingerprint density at radius 1 is 1.32 bits per heavy atom. The van der Waals surface area contributed by atoms with E-state index in [0.29, 0.717) is 0 Å². The SMILES string of the molecule is CCc1cncc2cc(CC3CCCNC3)ccc12. The van der Waals surface area contributed by atoms with Gasteiger partial charge in [-0.1, -0.05) is 19.1 Å². The number of nitrogens with one attached hydrogen (secondary N) is 1. The lowest BCUT2D eigenvalue weighted by Gasteiger charge is -2.22. The van der Waals surface area contributed by atoms with E-state index in [9.17, 15) is 0 Å². The molecular formula is C17H22N2. The van der Waals surface area contributed by atoms with Gasteiger partial charge in [-0.25, -0.2) is 0 Å². The largest absolute Gasteiger partial charge is 0.316 e. The van der Waals surface area contributed by atoms with Gasteiger partial charge in [0.15, 0.2) is 0 Å².